The van der Waals surface area contributed by atoms with Gasteiger partial charge in [0.05, 0.1) is 6.61 Å². The van der Waals surface area contributed by atoms with Crippen LogP contribution in [0.3, 0.4) is 0 Å². The fourth-order valence-corrected chi connectivity index (χ4v) is 1.83. The minimum atomic E-state index is -0.155. The van der Waals surface area contributed by atoms with Crippen LogP contribution in [0.25, 0.3) is 0 Å². The summed E-state index contributed by atoms with van der Waals surface area (Å²) in [5.41, 5.74) is 0.843. The summed E-state index contributed by atoms with van der Waals surface area (Å²) in [7, 11) is 0.0259. The molecule has 0 aliphatic carbocycles. The molecule has 0 atom stereocenters. The Morgan fingerprint density at radius 1 is 1.60 bits per heavy atom. The van der Waals surface area contributed by atoms with Gasteiger partial charge in [-0.25, -0.2) is 0 Å². The van der Waals surface area contributed by atoms with Crippen molar-refractivity contribution in [1.82, 2.24) is 0 Å². The summed E-state index contributed by atoms with van der Waals surface area (Å²) in [4.78, 5) is 10.3. The Morgan fingerprint density at radius 3 is 2.60 bits per heavy atom. The molecule has 0 saturated carbocycles. The third-order valence-corrected chi connectivity index (χ3v) is 3.08. The zero-order valence-corrected chi connectivity index (χ0v) is 8.43. The van der Waals surface area contributed by atoms with E-state index in [4.69, 9.17) is 4.74 Å². The van der Waals surface area contributed by atoms with E-state index in [1.165, 1.54) is 6.92 Å². The monoisotopic (exact) mass is 160 g/mol. The molecule has 2 nitrogen and oxygen atoms in total. The molecule has 0 saturated heterocycles. The standard InChI is InChI=1S/C7H16O2Si/c1-6(2)10-5-4-9-7(3)8/h6H,4-5,10H2,1-3H3. The number of ether oxygens (including phenoxy) is 1. The van der Waals surface area contributed by atoms with Crippen LogP contribution >= 0.6 is 0 Å². The highest BCUT2D eigenvalue weighted by atomic mass is 28.2. The maximum atomic E-state index is 10.3. The van der Waals surface area contributed by atoms with Gasteiger partial charge in [0.1, 0.15) is 0 Å². The van der Waals surface area contributed by atoms with Crippen LogP contribution in [0.1, 0.15) is 20.8 Å². The van der Waals surface area contributed by atoms with Crippen LogP contribution in [0.4, 0.5) is 0 Å². The zero-order valence-electron chi connectivity index (χ0n) is 7.02. The molecule has 3 heteroatoms. The average Bonchev–Trinajstić information content (AvgIpc) is 1.79. The summed E-state index contributed by atoms with van der Waals surface area (Å²) >= 11 is 0. The van der Waals surface area contributed by atoms with Crippen LogP contribution in [0.15, 0.2) is 0 Å². The molecule has 0 aliphatic rings. The van der Waals surface area contributed by atoms with Gasteiger partial charge < -0.3 is 4.74 Å². The lowest BCUT2D eigenvalue weighted by Gasteiger charge is -2.02. The predicted octanol–water partition coefficient (Wildman–Crippen LogP) is 0.965. The number of carbonyl (C=O) groups is 1. The summed E-state index contributed by atoms with van der Waals surface area (Å²) in [6, 6.07) is 1.12. The molecule has 10 heavy (non-hydrogen) atoms. The van der Waals surface area contributed by atoms with E-state index in [1.807, 2.05) is 0 Å². The SMILES string of the molecule is CC(=O)OCC[SiH2]C(C)C. The molecular weight excluding hydrogens is 144 g/mol. The van der Waals surface area contributed by atoms with Gasteiger partial charge >= 0.3 is 5.97 Å². The van der Waals surface area contributed by atoms with E-state index in [-0.39, 0.29) is 15.5 Å². The lowest BCUT2D eigenvalue weighted by Crippen LogP contribution is -2.04. The van der Waals surface area contributed by atoms with Gasteiger partial charge in [-0.2, -0.15) is 0 Å². The number of esters is 1. The Morgan fingerprint density at radius 2 is 2.20 bits per heavy atom. The van der Waals surface area contributed by atoms with Crippen LogP contribution in [-0.2, 0) is 9.53 Å². The molecule has 0 bridgehead atoms. The quantitative estimate of drug-likeness (QED) is 0.348. The average molecular weight is 160 g/mol. The first-order chi connectivity index (χ1) is 4.63. The summed E-state index contributed by atoms with van der Waals surface area (Å²) in [6.45, 7) is 6.54. The number of hydrogen-bond acceptors (Lipinski definition) is 2. The van der Waals surface area contributed by atoms with Crippen molar-refractivity contribution in [3.8, 4) is 0 Å². The Balaban J connectivity index is 2.98. The Bertz CT molecular complexity index is 102. The molecule has 0 unspecified atom stereocenters. The molecule has 0 aromatic rings. The Kier molecular flexibility index (Phi) is 5.30. The maximum absolute atomic E-state index is 10.3. The molecule has 60 valence electrons. The molecule has 0 spiro atoms. The summed E-state index contributed by atoms with van der Waals surface area (Å²) < 4.78 is 4.79. The molecular formula is C7H16O2Si. The Hall–Kier alpha value is -0.313. The molecule has 0 aromatic heterocycles. The normalized spacial score (nSPS) is 11.2. The van der Waals surface area contributed by atoms with E-state index >= 15 is 0 Å². The van der Waals surface area contributed by atoms with E-state index in [9.17, 15) is 4.79 Å². The fourth-order valence-electron chi connectivity index (χ4n) is 0.707. The second-order valence-corrected chi connectivity index (χ2v) is 5.79. The first-order valence-electron chi connectivity index (χ1n) is 3.76. The van der Waals surface area contributed by atoms with Crippen LogP contribution in [0, 0.1) is 0 Å². The minimum Gasteiger partial charge on any atom is -0.466 e. The first-order valence-corrected chi connectivity index (χ1v) is 5.58. The van der Waals surface area contributed by atoms with Gasteiger partial charge in [0.2, 0.25) is 0 Å². The number of hydrogen-bond donors (Lipinski definition) is 0. The molecule has 0 heterocycles. The summed E-state index contributed by atoms with van der Waals surface area (Å²) in [5.74, 6) is -0.155. The smallest absolute Gasteiger partial charge is 0.302 e. The van der Waals surface area contributed by atoms with Crippen molar-refractivity contribution in [2.75, 3.05) is 6.61 Å². The van der Waals surface area contributed by atoms with E-state index in [0.717, 1.165) is 11.6 Å². The summed E-state index contributed by atoms with van der Waals surface area (Å²) in [5, 5.41) is 0. The fraction of sp³-hybridized carbons (Fsp3) is 0.857. The van der Waals surface area contributed by atoms with Crippen molar-refractivity contribution in [2.24, 2.45) is 0 Å². The van der Waals surface area contributed by atoms with Crippen molar-refractivity contribution in [3.63, 3.8) is 0 Å². The van der Waals surface area contributed by atoms with Crippen LogP contribution in [-0.4, -0.2) is 22.1 Å². The van der Waals surface area contributed by atoms with E-state index < -0.39 is 0 Å². The van der Waals surface area contributed by atoms with Gasteiger partial charge in [-0.1, -0.05) is 19.4 Å². The molecule has 0 amide bonds. The number of rotatable bonds is 4. The highest BCUT2D eigenvalue weighted by Gasteiger charge is 1.96. The minimum absolute atomic E-state index is 0.0259. The van der Waals surface area contributed by atoms with Crippen LogP contribution < -0.4 is 0 Å². The molecule has 0 rings (SSSR count). The predicted molar refractivity (Wildman–Crippen MR) is 45.1 cm³/mol. The number of carbonyl (C=O) groups excluding carboxylic acids is 1. The van der Waals surface area contributed by atoms with Gasteiger partial charge in [-0.3, -0.25) is 4.79 Å². The first kappa shape index (κ1) is 9.69. The van der Waals surface area contributed by atoms with Crippen molar-refractivity contribution in [1.29, 1.82) is 0 Å². The van der Waals surface area contributed by atoms with Crippen molar-refractivity contribution in [2.45, 2.75) is 32.4 Å². The van der Waals surface area contributed by atoms with E-state index in [0.29, 0.717) is 6.61 Å². The summed E-state index contributed by atoms with van der Waals surface area (Å²) in [6.07, 6.45) is 0. The van der Waals surface area contributed by atoms with Crippen molar-refractivity contribution >= 4 is 15.5 Å². The van der Waals surface area contributed by atoms with Gasteiger partial charge in [0, 0.05) is 16.4 Å². The molecule has 0 N–H and O–H groups in total. The van der Waals surface area contributed by atoms with E-state index in [2.05, 4.69) is 13.8 Å². The van der Waals surface area contributed by atoms with Crippen LogP contribution in [0.2, 0.25) is 11.6 Å². The second kappa shape index (κ2) is 5.47. The van der Waals surface area contributed by atoms with Gasteiger partial charge in [0.25, 0.3) is 0 Å². The Labute approximate surface area is 64.8 Å². The van der Waals surface area contributed by atoms with Crippen LogP contribution in [0.5, 0.6) is 0 Å². The third kappa shape index (κ3) is 7.69. The highest BCUT2D eigenvalue weighted by Crippen LogP contribution is 1.99. The molecule has 0 radical (unpaired) electrons. The van der Waals surface area contributed by atoms with Gasteiger partial charge in [-0.15, -0.1) is 0 Å². The van der Waals surface area contributed by atoms with Gasteiger partial charge in [0.15, 0.2) is 0 Å². The molecule has 0 aromatic carbocycles. The molecule has 0 fully saturated rings. The maximum Gasteiger partial charge on any atom is 0.302 e. The molecule has 0 aliphatic heterocycles. The second-order valence-electron chi connectivity index (χ2n) is 2.88. The topological polar surface area (TPSA) is 26.3 Å². The largest absolute Gasteiger partial charge is 0.466 e. The lowest BCUT2D eigenvalue weighted by molar-refractivity contribution is -0.140. The van der Waals surface area contributed by atoms with Crippen molar-refractivity contribution in [3.05, 3.63) is 0 Å². The van der Waals surface area contributed by atoms with Crippen molar-refractivity contribution < 1.29 is 9.53 Å². The zero-order chi connectivity index (χ0) is 7.98. The van der Waals surface area contributed by atoms with Gasteiger partial charge in [-0.05, 0) is 6.04 Å². The van der Waals surface area contributed by atoms with E-state index in [1.54, 1.807) is 0 Å². The lowest BCUT2D eigenvalue weighted by atomic mass is 10.6. The highest BCUT2D eigenvalue weighted by molar-refractivity contribution is 6.37. The third-order valence-electron chi connectivity index (χ3n) is 1.23.